The first kappa shape index (κ1) is 13.1. The average molecular weight is 252 g/mol. The van der Waals surface area contributed by atoms with Crippen LogP contribution in [-0.2, 0) is 0 Å². The number of benzene rings is 1. The summed E-state index contributed by atoms with van der Waals surface area (Å²) >= 11 is 0. The van der Waals surface area contributed by atoms with Crippen LogP contribution >= 0.6 is 0 Å². The van der Waals surface area contributed by atoms with Crippen molar-refractivity contribution in [3.05, 3.63) is 35.9 Å². The molecule has 0 bridgehead atoms. The minimum Gasteiger partial charge on any atom is -0.299 e. The van der Waals surface area contributed by atoms with E-state index in [0.717, 1.165) is 5.56 Å². The van der Waals surface area contributed by atoms with E-state index in [1.54, 1.807) is 7.05 Å². The highest BCUT2D eigenvalue weighted by molar-refractivity contribution is 5.67. The summed E-state index contributed by atoms with van der Waals surface area (Å²) in [4.78, 5) is 6.14. The molecule has 0 N–H and O–H groups in total. The number of likely N-dealkylation sites (tertiary alicyclic amines) is 1. The van der Waals surface area contributed by atoms with E-state index in [1.165, 1.54) is 0 Å². The number of hydrogen-bond donors (Lipinski definition) is 0. The Balaban J connectivity index is 2.12. The summed E-state index contributed by atoms with van der Waals surface area (Å²) < 4.78 is 26.3. The van der Waals surface area contributed by atoms with Crippen molar-refractivity contribution >= 4 is 6.21 Å². The van der Waals surface area contributed by atoms with Gasteiger partial charge in [0.25, 0.3) is 5.92 Å². The molecule has 1 aliphatic heterocycles. The molecule has 1 atom stereocenters. The average Bonchev–Trinajstić information content (AvgIpc) is 2.38. The fraction of sp³-hybridized carbons (Fsp3) is 0.500. The Kier molecular flexibility index (Phi) is 4.07. The minimum absolute atomic E-state index is 0.00676. The zero-order chi connectivity index (χ0) is 13.0. The van der Waals surface area contributed by atoms with Crippen molar-refractivity contribution in [1.82, 2.24) is 4.90 Å². The predicted octanol–water partition coefficient (Wildman–Crippen LogP) is 3.16. The molecule has 1 heterocycles. The summed E-state index contributed by atoms with van der Waals surface area (Å²) in [6.45, 7) is 0.831. The Morgan fingerprint density at radius 2 is 1.83 bits per heavy atom. The topological polar surface area (TPSA) is 15.6 Å². The number of hydrogen-bond acceptors (Lipinski definition) is 2. The van der Waals surface area contributed by atoms with Crippen molar-refractivity contribution in [3.8, 4) is 0 Å². The number of alkyl halides is 2. The highest BCUT2D eigenvalue weighted by atomic mass is 19.3. The Morgan fingerprint density at radius 1 is 1.22 bits per heavy atom. The highest BCUT2D eigenvalue weighted by Gasteiger charge is 2.36. The fourth-order valence-corrected chi connectivity index (χ4v) is 2.31. The smallest absolute Gasteiger partial charge is 0.250 e. The summed E-state index contributed by atoms with van der Waals surface area (Å²) in [6, 6.07) is 9.91. The predicted molar refractivity (Wildman–Crippen MR) is 69.4 cm³/mol. The van der Waals surface area contributed by atoms with Crippen molar-refractivity contribution in [2.75, 3.05) is 20.1 Å². The molecule has 2 nitrogen and oxygen atoms in total. The monoisotopic (exact) mass is 252 g/mol. The van der Waals surface area contributed by atoms with Gasteiger partial charge in [0.05, 0.1) is 6.04 Å². The van der Waals surface area contributed by atoms with Gasteiger partial charge in [-0.2, -0.15) is 0 Å². The lowest BCUT2D eigenvalue weighted by molar-refractivity contribution is -0.0584. The molecular weight excluding hydrogens is 234 g/mol. The highest BCUT2D eigenvalue weighted by Crippen LogP contribution is 2.31. The third-order valence-corrected chi connectivity index (χ3v) is 3.35. The maximum Gasteiger partial charge on any atom is 0.250 e. The molecule has 0 saturated carbocycles. The summed E-state index contributed by atoms with van der Waals surface area (Å²) in [6.07, 6.45) is 1.71. The van der Waals surface area contributed by atoms with Crippen molar-refractivity contribution in [2.24, 2.45) is 4.99 Å². The summed E-state index contributed by atoms with van der Waals surface area (Å²) in [7, 11) is 1.72. The van der Waals surface area contributed by atoms with Crippen molar-refractivity contribution in [3.63, 3.8) is 0 Å². The van der Waals surface area contributed by atoms with E-state index in [0.29, 0.717) is 13.1 Å². The molecule has 1 unspecified atom stereocenters. The lowest BCUT2D eigenvalue weighted by atomic mass is 10.0. The molecule has 1 fully saturated rings. The van der Waals surface area contributed by atoms with Crippen LogP contribution in [0.25, 0.3) is 0 Å². The molecule has 0 radical (unpaired) electrons. The summed E-state index contributed by atoms with van der Waals surface area (Å²) in [5, 5.41) is 0. The Hall–Kier alpha value is -1.29. The van der Waals surface area contributed by atoms with Gasteiger partial charge in [0.2, 0.25) is 0 Å². The largest absolute Gasteiger partial charge is 0.299 e. The quantitative estimate of drug-likeness (QED) is 0.754. The maximum atomic E-state index is 13.2. The third kappa shape index (κ3) is 3.13. The van der Waals surface area contributed by atoms with E-state index in [9.17, 15) is 8.78 Å². The van der Waals surface area contributed by atoms with Crippen LogP contribution in [0.2, 0.25) is 0 Å². The normalized spacial score (nSPS) is 22.2. The van der Waals surface area contributed by atoms with Gasteiger partial charge in [-0.05, 0) is 5.56 Å². The van der Waals surface area contributed by atoms with Crippen LogP contribution in [0.3, 0.4) is 0 Å². The van der Waals surface area contributed by atoms with E-state index < -0.39 is 5.92 Å². The maximum absolute atomic E-state index is 13.2. The van der Waals surface area contributed by atoms with Crippen LogP contribution in [-0.4, -0.2) is 37.2 Å². The fourth-order valence-electron chi connectivity index (χ4n) is 2.31. The molecule has 2 rings (SSSR count). The van der Waals surface area contributed by atoms with Gasteiger partial charge in [-0.15, -0.1) is 0 Å². The van der Waals surface area contributed by atoms with E-state index in [-0.39, 0.29) is 18.9 Å². The van der Waals surface area contributed by atoms with Crippen LogP contribution in [0.5, 0.6) is 0 Å². The molecule has 4 heteroatoms. The lowest BCUT2D eigenvalue weighted by Gasteiger charge is -2.36. The molecular formula is C14H18F2N2. The van der Waals surface area contributed by atoms with Crippen molar-refractivity contribution in [1.29, 1.82) is 0 Å². The van der Waals surface area contributed by atoms with Crippen LogP contribution in [0.1, 0.15) is 24.4 Å². The molecule has 0 aromatic heterocycles. The minimum atomic E-state index is -2.50. The summed E-state index contributed by atoms with van der Waals surface area (Å²) in [5.74, 6) is -2.50. The molecule has 1 saturated heterocycles. The third-order valence-electron chi connectivity index (χ3n) is 3.35. The number of nitrogens with zero attached hydrogens (tertiary/aromatic N) is 2. The molecule has 1 aliphatic rings. The Bertz CT molecular complexity index is 394. The van der Waals surface area contributed by atoms with Gasteiger partial charge >= 0.3 is 0 Å². The van der Waals surface area contributed by atoms with Gasteiger partial charge in [-0.25, -0.2) is 8.78 Å². The number of rotatable bonds is 3. The van der Waals surface area contributed by atoms with E-state index in [2.05, 4.69) is 9.89 Å². The second kappa shape index (κ2) is 5.57. The lowest BCUT2D eigenvalue weighted by Crippen LogP contribution is -2.41. The standard InChI is InChI=1S/C14H18F2N2/c1-17-11-13(12-5-3-2-4-6-12)18-9-7-14(15,16)8-10-18/h2-6,11,13H,7-10H2,1H3. The van der Waals surface area contributed by atoms with Crippen molar-refractivity contribution in [2.45, 2.75) is 24.8 Å². The Morgan fingerprint density at radius 3 is 2.39 bits per heavy atom. The van der Waals surface area contributed by atoms with Gasteiger partial charge in [0, 0.05) is 39.2 Å². The van der Waals surface area contributed by atoms with Gasteiger partial charge in [-0.1, -0.05) is 30.3 Å². The second-order valence-corrected chi connectivity index (χ2v) is 4.65. The number of halogens is 2. The zero-order valence-corrected chi connectivity index (χ0v) is 10.5. The second-order valence-electron chi connectivity index (χ2n) is 4.65. The van der Waals surface area contributed by atoms with Crippen molar-refractivity contribution < 1.29 is 8.78 Å². The first-order valence-corrected chi connectivity index (χ1v) is 6.21. The molecule has 18 heavy (non-hydrogen) atoms. The van der Waals surface area contributed by atoms with Crippen LogP contribution in [0, 0.1) is 0 Å². The zero-order valence-electron chi connectivity index (χ0n) is 10.5. The SMILES string of the molecule is CN=CC(c1ccccc1)N1CCC(F)(F)CC1. The first-order chi connectivity index (χ1) is 8.62. The van der Waals surface area contributed by atoms with Crippen LogP contribution < -0.4 is 0 Å². The number of piperidine rings is 1. The van der Waals surface area contributed by atoms with E-state index in [4.69, 9.17) is 0 Å². The molecule has 98 valence electrons. The molecule has 1 aromatic rings. The summed E-state index contributed by atoms with van der Waals surface area (Å²) in [5.41, 5.74) is 1.10. The van der Waals surface area contributed by atoms with Gasteiger partial charge in [0.15, 0.2) is 0 Å². The van der Waals surface area contributed by atoms with Gasteiger partial charge in [-0.3, -0.25) is 9.89 Å². The van der Waals surface area contributed by atoms with E-state index >= 15 is 0 Å². The molecule has 1 aromatic carbocycles. The first-order valence-electron chi connectivity index (χ1n) is 6.21. The molecule has 0 spiro atoms. The molecule has 0 aliphatic carbocycles. The Labute approximate surface area is 106 Å². The number of aliphatic imine (C=N–C) groups is 1. The van der Waals surface area contributed by atoms with Crippen LogP contribution in [0.4, 0.5) is 8.78 Å². The van der Waals surface area contributed by atoms with Crippen LogP contribution in [0.15, 0.2) is 35.3 Å². The van der Waals surface area contributed by atoms with E-state index in [1.807, 2.05) is 36.5 Å². The molecule has 0 amide bonds. The van der Waals surface area contributed by atoms with Gasteiger partial charge < -0.3 is 0 Å². The van der Waals surface area contributed by atoms with Gasteiger partial charge in [0.1, 0.15) is 0 Å².